The quantitative estimate of drug-likeness (QED) is 0.205. The molecule has 0 saturated heterocycles. The highest BCUT2D eigenvalue weighted by Gasteiger charge is 2.95. The first-order chi connectivity index (χ1) is 17.4. The smallest absolute Gasteiger partial charge is 0.460 e. The molecule has 0 aliphatic carbocycles. The number of halogens is 17. The summed E-state index contributed by atoms with van der Waals surface area (Å²) in [5, 5.41) is 10.2. The normalized spacial score (nSPS) is 16.5. The molecular formula is C20H15F17O3. The summed E-state index contributed by atoms with van der Waals surface area (Å²) in [6.45, 7) is 1.16. The molecule has 1 unspecified atom stereocenters. The van der Waals surface area contributed by atoms with Crippen LogP contribution >= 0.6 is 0 Å². The summed E-state index contributed by atoms with van der Waals surface area (Å²) in [6.07, 6.45) is -10.9. The number of rotatable bonds is 11. The summed E-state index contributed by atoms with van der Waals surface area (Å²) in [6, 6.07) is 2.75. The highest BCUT2D eigenvalue weighted by molar-refractivity contribution is 5.89. The topological polar surface area (TPSA) is 46.5 Å². The number of aliphatic hydroxyl groups is 1. The largest absolute Gasteiger partial charge is 0.462 e. The van der Waals surface area contributed by atoms with Crippen LogP contribution in [0.5, 0.6) is 0 Å². The van der Waals surface area contributed by atoms with Crippen LogP contribution < -0.4 is 0 Å². The number of hydrogen-bond acceptors (Lipinski definition) is 3. The van der Waals surface area contributed by atoms with E-state index in [1.807, 2.05) is 0 Å². The molecule has 0 spiro atoms. The van der Waals surface area contributed by atoms with Crippen LogP contribution in [0.3, 0.4) is 0 Å². The van der Waals surface area contributed by atoms with Gasteiger partial charge in [0, 0.05) is 0 Å². The molecule has 0 radical (unpaired) electrons. The van der Waals surface area contributed by atoms with E-state index in [2.05, 4.69) is 4.74 Å². The van der Waals surface area contributed by atoms with Crippen LogP contribution in [0.1, 0.15) is 36.2 Å². The molecular weight excluding hydrogens is 611 g/mol. The summed E-state index contributed by atoms with van der Waals surface area (Å²) in [7, 11) is 0. The molecule has 232 valence electrons. The minimum absolute atomic E-state index is 0.143. The average molecular weight is 626 g/mol. The second-order valence-electron chi connectivity index (χ2n) is 8.40. The maximum atomic E-state index is 14.3. The van der Waals surface area contributed by atoms with Crippen LogP contribution in [0.2, 0.25) is 0 Å². The number of esters is 1. The van der Waals surface area contributed by atoms with Crippen molar-refractivity contribution in [1.29, 1.82) is 0 Å². The van der Waals surface area contributed by atoms with Crippen molar-refractivity contribution in [2.45, 2.75) is 73.5 Å². The summed E-state index contributed by atoms with van der Waals surface area (Å²) < 4.78 is 233. The fourth-order valence-electron chi connectivity index (χ4n) is 3.04. The van der Waals surface area contributed by atoms with Crippen LogP contribution in [-0.4, -0.2) is 65.3 Å². The first kappa shape index (κ1) is 35.5. The Hall–Kier alpha value is -2.54. The summed E-state index contributed by atoms with van der Waals surface area (Å²) in [5.74, 6) is -58.7. The zero-order valence-corrected chi connectivity index (χ0v) is 19.4. The van der Waals surface area contributed by atoms with Gasteiger partial charge in [-0.3, -0.25) is 0 Å². The van der Waals surface area contributed by atoms with Crippen molar-refractivity contribution in [2.75, 3.05) is 6.61 Å². The minimum atomic E-state index is -8.74. The molecule has 0 saturated carbocycles. The molecule has 1 atom stereocenters. The second-order valence-corrected chi connectivity index (χ2v) is 8.40. The Labute approximate surface area is 211 Å². The lowest BCUT2D eigenvalue weighted by Crippen LogP contribution is -2.74. The molecule has 40 heavy (non-hydrogen) atoms. The van der Waals surface area contributed by atoms with Crippen molar-refractivity contribution in [2.24, 2.45) is 0 Å². The Kier molecular flexibility index (Phi) is 8.94. The van der Waals surface area contributed by atoms with Gasteiger partial charge in [0.25, 0.3) is 0 Å². The van der Waals surface area contributed by atoms with Crippen LogP contribution in [0.15, 0.2) is 24.3 Å². The van der Waals surface area contributed by atoms with Crippen LogP contribution in [-0.2, 0) is 10.3 Å². The zero-order valence-electron chi connectivity index (χ0n) is 19.4. The number of carbonyl (C=O) groups is 1. The number of carbonyl (C=O) groups excluding carboxylic acids is 1. The van der Waals surface area contributed by atoms with Gasteiger partial charge in [-0.05, 0) is 31.5 Å². The molecule has 0 aliphatic heterocycles. The minimum Gasteiger partial charge on any atom is -0.462 e. The Bertz CT molecular complexity index is 1080. The van der Waals surface area contributed by atoms with Crippen LogP contribution in [0.4, 0.5) is 74.6 Å². The van der Waals surface area contributed by atoms with Crippen molar-refractivity contribution in [3.63, 3.8) is 0 Å². The molecule has 1 rings (SSSR count). The molecule has 3 nitrogen and oxygen atoms in total. The van der Waals surface area contributed by atoms with Crippen molar-refractivity contribution >= 4 is 5.97 Å². The van der Waals surface area contributed by atoms with E-state index in [9.17, 15) is 84.5 Å². The third-order valence-corrected chi connectivity index (χ3v) is 5.35. The van der Waals surface area contributed by atoms with Gasteiger partial charge in [0.2, 0.25) is 0 Å². The fraction of sp³-hybridized carbons (Fsp3) is 0.650. The first-order valence-electron chi connectivity index (χ1n) is 10.1. The molecule has 0 fully saturated rings. The Morgan fingerprint density at radius 1 is 0.700 bits per heavy atom. The first-order valence-corrected chi connectivity index (χ1v) is 10.1. The Morgan fingerprint density at radius 2 is 1.10 bits per heavy atom. The van der Waals surface area contributed by atoms with Crippen molar-refractivity contribution in [3.8, 4) is 0 Å². The van der Waals surface area contributed by atoms with E-state index >= 15 is 0 Å². The average Bonchev–Trinajstić information content (AvgIpc) is 2.77. The molecule has 1 aromatic rings. The lowest BCUT2D eigenvalue weighted by atomic mass is 9.83. The van der Waals surface area contributed by atoms with Gasteiger partial charge in [0.05, 0.1) is 24.2 Å². The standard InChI is InChI=1S/C20H15F17O3/c1-3-40-11(38)9-5-4-6-10(7-9)12(2,39)8-13(21,22)14(23,24)15(25,26)16(27,28)17(29,30)18(31,32)19(33,34)20(35,36)37/h4-7,39H,3,8H2,1-2H3. The van der Waals surface area contributed by atoms with E-state index in [-0.39, 0.29) is 13.5 Å². The molecule has 1 aromatic carbocycles. The molecule has 1 N–H and O–H groups in total. The van der Waals surface area contributed by atoms with Gasteiger partial charge >= 0.3 is 53.6 Å². The molecule has 0 amide bonds. The molecule has 0 aliphatic rings. The third kappa shape index (κ3) is 5.26. The van der Waals surface area contributed by atoms with E-state index in [4.69, 9.17) is 0 Å². The summed E-state index contributed by atoms with van der Waals surface area (Å²) in [4.78, 5) is 11.7. The second kappa shape index (κ2) is 10.1. The number of benzene rings is 1. The van der Waals surface area contributed by atoms with Crippen molar-refractivity contribution in [1.82, 2.24) is 0 Å². The number of ether oxygens (including phenoxy) is 1. The Morgan fingerprint density at radius 3 is 1.50 bits per heavy atom. The highest BCUT2D eigenvalue weighted by atomic mass is 19.4. The van der Waals surface area contributed by atoms with Gasteiger partial charge in [0.1, 0.15) is 0 Å². The predicted molar refractivity (Wildman–Crippen MR) is 97.3 cm³/mol. The van der Waals surface area contributed by atoms with E-state index in [0.717, 1.165) is 12.1 Å². The van der Waals surface area contributed by atoms with E-state index in [0.29, 0.717) is 12.1 Å². The number of hydrogen-bond donors (Lipinski definition) is 1. The van der Waals surface area contributed by atoms with Gasteiger partial charge in [-0.2, -0.15) is 74.6 Å². The van der Waals surface area contributed by atoms with E-state index in [1.54, 1.807) is 0 Å². The highest BCUT2D eigenvalue weighted by Crippen LogP contribution is 2.64. The fourth-order valence-corrected chi connectivity index (χ4v) is 3.04. The lowest BCUT2D eigenvalue weighted by Gasteiger charge is -2.43. The van der Waals surface area contributed by atoms with Gasteiger partial charge < -0.3 is 9.84 Å². The summed E-state index contributed by atoms with van der Waals surface area (Å²) in [5.41, 5.74) is -5.10. The van der Waals surface area contributed by atoms with E-state index in [1.165, 1.54) is 6.92 Å². The third-order valence-electron chi connectivity index (χ3n) is 5.35. The molecule has 0 bridgehead atoms. The SMILES string of the molecule is CCOC(=O)c1cccc(C(C)(O)CC(F)(F)C(F)(F)C(F)(F)C(F)(F)C(F)(F)C(F)(F)C(F)(F)C(F)(F)F)c1. The van der Waals surface area contributed by atoms with Crippen molar-refractivity contribution in [3.05, 3.63) is 35.4 Å². The molecule has 0 heterocycles. The Balaban J connectivity index is 3.60. The molecule has 20 heteroatoms. The van der Waals surface area contributed by atoms with Gasteiger partial charge in [0.15, 0.2) is 0 Å². The van der Waals surface area contributed by atoms with Crippen LogP contribution in [0.25, 0.3) is 0 Å². The van der Waals surface area contributed by atoms with E-state index < -0.39 is 76.8 Å². The van der Waals surface area contributed by atoms with Gasteiger partial charge in [-0.1, -0.05) is 12.1 Å². The predicted octanol–water partition coefficient (Wildman–Crippen LogP) is 7.47. The lowest BCUT2D eigenvalue weighted by molar-refractivity contribution is -0.462. The summed E-state index contributed by atoms with van der Waals surface area (Å²) >= 11 is 0. The monoisotopic (exact) mass is 626 g/mol. The van der Waals surface area contributed by atoms with Gasteiger partial charge in [-0.25, -0.2) is 4.79 Å². The maximum absolute atomic E-state index is 14.3. The van der Waals surface area contributed by atoms with Gasteiger partial charge in [-0.15, -0.1) is 0 Å². The number of alkyl halides is 17. The molecule has 0 aromatic heterocycles. The van der Waals surface area contributed by atoms with Crippen molar-refractivity contribution < 1.29 is 89.3 Å². The maximum Gasteiger partial charge on any atom is 0.460 e. The zero-order chi connectivity index (χ0) is 32.2. The van der Waals surface area contributed by atoms with Crippen LogP contribution in [0, 0.1) is 0 Å².